The van der Waals surface area contributed by atoms with Crippen LogP contribution in [-0.4, -0.2) is 46.5 Å². The van der Waals surface area contributed by atoms with E-state index in [0.29, 0.717) is 29.3 Å². The van der Waals surface area contributed by atoms with E-state index in [-0.39, 0.29) is 31.1 Å². The Bertz CT molecular complexity index is 1570. The maximum Gasteiger partial charge on any atom is 0.263 e. The molecule has 0 saturated heterocycles. The molecule has 1 aliphatic rings. The summed E-state index contributed by atoms with van der Waals surface area (Å²) in [5.74, 6) is -0.424. The fraction of sp³-hybridized carbons (Fsp3) is 0.385. The number of benzene rings is 1. The maximum absolute atomic E-state index is 13.2. The number of ether oxygens (including phenoxy) is 1. The molecule has 0 spiro atoms. The number of aromatic nitrogens is 2. The summed E-state index contributed by atoms with van der Waals surface area (Å²) in [7, 11) is -2.07. The third-order valence-electron chi connectivity index (χ3n) is 6.94. The average molecular weight is 524 g/mol. The van der Waals surface area contributed by atoms with Crippen molar-refractivity contribution >= 4 is 26.6 Å². The van der Waals surface area contributed by atoms with Crippen molar-refractivity contribution < 1.29 is 17.9 Å². The Morgan fingerprint density at radius 1 is 1.27 bits per heavy atom. The van der Waals surface area contributed by atoms with Crippen molar-refractivity contribution in [2.75, 3.05) is 13.2 Å². The van der Waals surface area contributed by atoms with Gasteiger partial charge in [-0.3, -0.25) is 9.59 Å². The number of carbonyl (C=O) groups is 1. The fourth-order valence-corrected chi connectivity index (χ4v) is 6.42. The van der Waals surface area contributed by atoms with Gasteiger partial charge in [0.1, 0.15) is 22.4 Å². The van der Waals surface area contributed by atoms with Gasteiger partial charge in [0.05, 0.1) is 16.4 Å². The molecule has 10 nitrogen and oxygen atoms in total. The number of hydrogen-bond donors (Lipinski definition) is 2. The van der Waals surface area contributed by atoms with Crippen molar-refractivity contribution in [2.45, 2.75) is 42.7 Å². The van der Waals surface area contributed by atoms with Gasteiger partial charge in [-0.25, -0.2) is 13.4 Å². The molecule has 0 unspecified atom stereocenters. The molecule has 1 aliphatic carbocycles. The fourth-order valence-electron chi connectivity index (χ4n) is 4.17. The van der Waals surface area contributed by atoms with E-state index < -0.39 is 30.8 Å². The number of sulfone groups is 1. The number of nitriles is 1. The highest BCUT2D eigenvalue weighted by Crippen LogP contribution is 2.48. The molecule has 11 heteroatoms. The van der Waals surface area contributed by atoms with Crippen molar-refractivity contribution in [3.8, 4) is 11.9 Å². The zero-order chi connectivity index (χ0) is 27.0. The molecule has 1 amide bonds. The molecule has 2 heterocycles. The molecule has 3 aromatic rings. The Morgan fingerprint density at radius 3 is 2.54 bits per heavy atom. The van der Waals surface area contributed by atoms with E-state index in [1.54, 1.807) is 44.2 Å². The molecule has 0 aliphatic heterocycles. The summed E-state index contributed by atoms with van der Waals surface area (Å²) >= 11 is 0. The zero-order valence-corrected chi connectivity index (χ0v) is 21.8. The van der Waals surface area contributed by atoms with Gasteiger partial charge in [0.15, 0.2) is 9.84 Å². The lowest BCUT2D eigenvalue weighted by Gasteiger charge is -2.29. The van der Waals surface area contributed by atoms with Crippen molar-refractivity contribution in [2.24, 2.45) is 12.8 Å². The summed E-state index contributed by atoms with van der Waals surface area (Å²) in [4.78, 5) is 30.2. The van der Waals surface area contributed by atoms with Gasteiger partial charge in [0, 0.05) is 31.7 Å². The van der Waals surface area contributed by atoms with Crippen LogP contribution in [0.4, 0.5) is 0 Å². The molecule has 2 aromatic heterocycles. The van der Waals surface area contributed by atoms with E-state index in [1.807, 2.05) is 6.07 Å². The standard InChI is InChI=1S/C26H29N5O5S/c1-25(2,15-28)37(34,35)26(9-10-26)16-36-23-21-19(8-11-29-23)12-20(24(33)31(21)3)22(32)30-14-18-6-4-17(13-27)5-7-18/h4-8,11-12H,9-10,14-16,28H2,1-3H3,(H,30,32). The summed E-state index contributed by atoms with van der Waals surface area (Å²) < 4.78 is 31.5. The number of nitrogens with two attached hydrogens (primary N) is 1. The number of nitrogens with zero attached hydrogens (tertiary/aromatic N) is 3. The van der Waals surface area contributed by atoms with Crippen LogP contribution in [0.1, 0.15) is 48.2 Å². The van der Waals surface area contributed by atoms with Crippen molar-refractivity contribution in [3.63, 3.8) is 0 Å². The molecule has 37 heavy (non-hydrogen) atoms. The van der Waals surface area contributed by atoms with Gasteiger partial charge >= 0.3 is 0 Å². The van der Waals surface area contributed by atoms with Gasteiger partial charge in [0.2, 0.25) is 5.88 Å². The average Bonchev–Trinajstić information content (AvgIpc) is 3.70. The smallest absolute Gasteiger partial charge is 0.263 e. The van der Waals surface area contributed by atoms with Crippen LogP contribution in [0.15, 0.2) is 47.4 Å². The molecule has 1 aromatic carbocycles. The second kappa shape index (κ2) is 9.61. The number of fused-ring (bicyclic) bond motifs is 1. The van der Waals surface area contributed by atoms with E-state index in [1.165, 1.54) is 23.9 Å². The number of rotatable bonds is 9. The summed E-state index contributed by atoms with van der Waals surface area (Å²) in [6.45, 7) is 3.29. The summed E-state index contributed by atoms with van der Waals surface area (Å²) in [5, 5.41) is 12.2. The van der Waals surface area contributed by atoms with Gasteiger partial charge in [-0.05, 0) is 56.5 Å². The predicted molar refractivity (Wildman–Crippen MR) is 139 cm³/mol. The Kier molecular flexibility index (Phi) is 6.83. The summed E-state index contributed by atoms with van der Waals surface area (Å²) in [6, 6.07) is 11.9. The predicted octanol–water partition coefficient (Wildman–Crippen LogP) is 1.80. The van der Waals surface area contributed by atoms with Crippen molar-refractivity contribution in [3.05, 3.63) is 69.6 Å². The lowest BCUT2D eigenvalue weighted by atomic mass is 10.1. The van der Waals surface area contributed by atoms with Crippen LogP contribution in [0.3, 0.4) is 0 Å². The lowest BCUT2D eigenvalue weighted by molar-refractivity contribution is 0.0949. The molecular formula is C26H29N5O5S. The Morgan fingerprint density at radius 2 is 1.95 bits per heavy atom. The number of pyridine rings is 2. The van der Waals surface area contributed by atoms with Gasteiger partial charge < -0.3 is 20.4 Å². The van der Waals surface area contributed by atoms with E-state index in [2.05, 4.69) is 10.3 Å². The van der Waals surface area contributed by atoms with Crippen LogP contribution in [-0.2, 0) is 23.4 Å². The quantitative estimate of drug-likeness (QED) is 0.430. The van der Waals surface area contributed by atoms with E-state index in [0.717, 1.165) is 5.56 Å². The molecule has 4 rings (SSSR count). The Labute approximate surface area is 215 Å². The molecule has 0 radical (unpaired) electrons. The lowest BCUT2D eigenvalue weighted by Crippen LogP contribution is -2.48. The molecule has 0 atom stereocenters. The highest BCUT2D eigenvalue weighted by Gasteiger charge is 2.60. The number of aryl methyl sites for hydroxylation is 1. The SMILES string of the molecule is Cn1c(=O)c(C(=O)NCc2ccc(C#N)cc2)cc2ccnc(OCC3(S(=O)(=O)C(C)(C)CN)CC3)c21. The largest absolute Gasteiger partial charge is 0.474 e. The minimum absolute atomic E-state index is 0.00583. The third-order valence-corrected chi connectivity index (χ3v) is 10.2. The van der Waals surface area contributed by atoms with Gasteiger partial charge in [-0.15, -0.1) is 0 Å². The monoisotopic (exact) mass is 523 g/mol. The maximum atomic E-state index is 13.2. The van der Waals surface area contributed by atoms with E-state index in [4.69, 9.17) is 15.7 Å². The number of carbonyl (C=O) groups excluding carboxylic acids is 1. The second-order valence-electron chi connectivity index (χ2n) is 9.91. The van der Waals surface area contributed by atoms with Crippen LogP contribution < -0.4 is 21.3 Å². The van der Waals surface area contributed by atoms with Crippen molar-refractivity contribution in [1.29, 1.82) is 5.26 Å². The van der Waals surface area contributed by atoms with Crippen LogP contribution in [0.5, 0.6) is 5.88 Å². The number of amides is 1. The molecule has 0 bridgehead atoms. The summed E-state index contributed by atoms with van der Waals surface area (Å²) in [6.07, 6.45) is 2.41. The normalized spacial score (nSPS) is 14.7. The molecule has 194 valence electrons. The Balaban J connectivity index is 1.58. The highest BCUT2D eigenvalue weighted by molar-refractivity contribution is 7.94. The number of hydrogen-bond acceptors (Lipinski definition) is 8. The molecule has 3 N–H and O–H groups in total. The van der Waals surface area contributed by atoms with Crippen LogP contribution in [0, 0.1) is 11.3 Å². The molecule has 1 saturated carbocycles. The molecular weight excluding hydrogens is 494 g/mol. The minimum Gasteiger partial charge on any atom is -0.474 e. The first-order valence-corrected chi connectivity index (χ1v) is 13.3. The van der Waals surface area contributed by atoms with Crippen LogP contribution >= 0.6 is 0 Å². The van der Waals surface area contributed by atoms with Crippen LogP contribution in [0.25, 0.3) is 10.9 Å². The highest BCUT2D eigenvalue weighted by atomic mass is 32.2. The first kappa shape index (κ1) is 26.3. The minimum atomic E-state index is -3.59. The first-order chi connectivity index (χ1) is 17.5. The van der Waals surface area contributed by atoms with Gasteiger partial charge in [-0.2, -0.15) is 5.26 Å². The van der Waals surface area contributed by atoms with Crippen LogP contribution in [0.2, 0.25) is 0 Å². The number of nitrogens with one attached hydrogen (secondary N) is 1. The topological polar surface area (TPSA) is 157 Å². The van der Waals surface area contributed by atoms with E-state index in [9.17, 15) is 18.0 Å². The Hall–Kier alpha value is -3.75. The van der Waals surface area contributed by atoms with E-state index >= 15 is 0 Å². The third kappa shape index (κ3) is 4.70. The van der Waals surface area contributed by atoms with Gasteiger partial charge in [0.25, 0.3) is 11.5 Å². The zero-order valence-electron chi connectivity index (χ0n) is 20.9. The van der Waals surface area contributed by atoms with Crippen molar-refractivity contribution in [1.82, 2.24) is 14.9 Å². The molecule has 1 fully saturated rings. The van der Waals surface area contributed by atoms with Gasteiger partial charge in [-0.1, -0.05) is 12.1 Å². The summed E-state index contributed by atoms with van der Waals surface area (Å²) in [5.41, 5.74) is 6.79. The first-order valence-electron chi connectivity index (χ1n) is 11.8. The second-order valence-corrected chi connectivity index (χ2v) is 12.9.